The van der Waals surface area contributed by atoms with Crippen molar-refractivity contribution in [3.8, 4) is 22.9 Å². The molecular weight excluding hydrogens is 425 g/mol. The quantitative estimate of drug-likeness (QED) is 0.387. The highest BCUT2D eigenvalue weighted by molar-refractivity contribution is 5.90. The van der Waals surface area contributed by atoms with E-state index in [0.29, 0.717) is 36.2 Å². The Hall–Kier alpha value is -4.20. The molecule has 0 atom stereocenters. The molecule has 0 aliphatic carbocycles. The summed E-state index contributed by atoms with van der Waals surface area (Å²) in [6.07, 6.45) is 0.501. The van der Waals surface area contributed by atoms with Crippen LogP contribution in [-0.2, 0) is 17.8 Å². The van der Waals surface area contributed by atoms with Crippen LogP contribution in [0.25, 0.3) is 11.4 Å². The van der Waals surface area contributed by atoms with Crippen molar-refractivity contribution in [1.29, 1.82) is 0 Å². The van der Waals surface area contributed by atoms with Crippen LogP contribution in [0, 0.1) is 5.82 Å². The minimum absolute atomic E-state index is 0.185. The van der Waals surface area contributed by atoms with Crippen molar-refractivity contribution >= 4 is 11.6 Å². The van der Waals surface area contributed by atoms with Gasteiger partial charge in [-0.15, -0.1) is 0 Å². The van der Waals surface area contributed by atoms with Gasteiger partial charge in [-0.2, -0.15) is 4.98 Å². The van der Waals surface area contributed by atoms with Crippen molar-refractivity contribution in [1.82, 2.24) is 10.1 Å². The van der Waals surface area contributed by atoms with E-state index in [1.54, 1.807) is 43.5 Å². The maximum atomic E-state index is 13.0. The monoisotopic (exact) mass is 447 g/mol. The number of hydrogen-bond donors (Lipinski definition) is 1. The molecule has 33 heavy (non-hydrogen) atoms. The number of anilines is 1. The standard InChI is InChI=1S/C25H22FN3O4/c1-31-21-11-7-18(8-12-21)25-28-24(33-29-25)14-13-23(30)27-20-3-2-4-22(15-20)32-16-17-5-9-19(26)10-6-17/h2-12,15H,13-14,16H2,1H3,(H,27,30). The molecule has 4 aromatic rings. The number of halogens is 1. The molecule has 1 heterocycles. The first kappa shape index (κ1) is 22.0. The lowest BCUT2D eigenvalue weighted by Gasteiger charge is -2.09. The Balaban J connectivity index is 1.28. The summed E-state index contributed by atoms with van der Waals surface area (Å²) in [6.45, 7) is 0.297. The molecule has 0 aliphatic heterocycles. The Morgan fingerprint density at radius 2 is 1.82 bits per heavy atom. The van der Waals surface area contributed by atoms with E-state index < -0.39 is 0 Å². The molecule has 0 bridgehead atoms. The molecule has 1 amide bonds. The van der Waals surface area contributed by atoms with Crippen LogP contribution < -0.4 is 14.8 Å². The molecule has 8 heteroatoms. The number of carbonyl (C=O) groups is 1. The van der Waals surface area contributed by atoms with Crippen LogP contribution in [-0.4, -0.2) is 23.2 Å². The molecular formula is C25H22FN3O4. The van der Waals surface area contributed by atoms with E-state index in [4.69, 9.17) is 14.0 Å². The second-order valence-corrected chi connectivity index (χ2v) is 7.23. The Morgan fingerprint density at radius 1 is 1.03 bits per heavy atom. The highest BCUT2D eigenvalue weighted by Crippen LogP contribution is 2.21. The second-order valence-electron chi connectivity index (χ2n) is 7.23. The summed E-state index contributed by atoms with van der Waals surface area (Å²) in [5.41, 5.74) is 2.26. The third kappa shape index (κ3) is 6.16. The van der Waals surface area contributed by atoms with Crippen molar-refractivity contribution in [3.05, 3.63) is 90.1 Å². The fraction of sp³-hybridized carbons (Fsp3) is 0.160. The van der Waals surface area contributed by atoms with E-state index in [-0.39, 0.29) is 18.1 Å². The number of nitrogens with one attached hydrogen (secondary N) is 1. The lowest BCUT2D eigenvalue weighted by atomic mass is 10.2. The average Bonchev–Trinajstić information content (AvgIpc) is 3.32. The van der Waals surface area contributed by atoms with Gasteiger partial charge in [-0.1, -0.05) is 23.4 Å². The lowest BCUT2D eigenvalue weighted by Crippen LogP contribution is -2.12. The first-order valence-corrected chi connectivity index (χ1v) is 10.3. The number of hydrogen-bond acceptors (Lipinski definition) is 6. The summed E-state index contributed by atoms with van der Waals surface area (Å²) >= 11 is 0. The molecule has 0 spiro atoms. The van der Waals surface area contributed by atoms with Crippen LogP contribution in [0.15, 0.2) is 77.3 Å². The zero-order valence-electron chi connectivity index (χ0n) is 18.0. The Labute approximate surface area is 190 Å². The van der Waals surface area contributed by atoms with E-state index in [9.17, 15) is 9.18 Å². The zero-order valence-corrected chi connectivity index (χ0v) is 18.0. The van der Waals surface area contributed by atoms with E-state index >= 15 is 0 Å². The minimum Gasteiger partial charge on any atom is -0.497 e. The van der Waals surface area contributed by atoms with Crippen molar-refractivity contribution in [2.24, 2.45) is 0 Å². The molecule has 0 unspecified atom stereocenters. The second kappa shape index (κ2) is 10.4. The molecule has 0 fully saturated rings. The number of amides is 1. The lowest BCUT2D eigenvalue weighted by molar-refractivity contribution is -0.116. The van der Waals surface area contributed by atoms with Crippen molar-refractivity contribution < 1.29 is 23.2 Å². The van der Waals surface area contributed by atoms with Gasteiger partial charge in [0.2, 0.25) is 17.6 Å². The van der Waals surface area contributed by atoms with Crippen LogP contribution in [0.4, 0.5) is 10.1 Å². The predicted molar refractivity (Wildman–Crippen MR) is 120 cm³/mol. The van der Waals surface area contributed by atoms with Gasteiger partial charge in [-0.05, 0) is 54.1 Å². The van der Waals surface area contributed by atoms with Gasteiger partial charge < -0.3 is 19.3 Å². The largest absolute Gasteiger partial charge is 0.497 e. The Morgan fingerprint density at radius 3 is 2.58 bits per heavy atom. The zero-order chi connectivity index (χ0) is 23.0. The van der Waals surface area contributed by atoms with E-state index in [1.807, 2.05) is 24.3 Å². The number of ether oxygens (including phenoxy) is 2. The fourth-order valence-corrected chi connectivity index (χ4v) is 3.07. The van der Waals surface area contributed by atoms with Gasteiger partial charge >= 0.3 is 0 Å². The van der Waals surface area contributed by atoms with Crippen molar-refractivity contribution in [2.75, 3.05) is 12.4 Å². The summed E-state index contributed by atoms with van der Waals surface area (Å²) in [4.78, 5) is 16.7. The maximum absolute atomic E-state index is 13.0. The molecule has 1 N–H and O–H groups in total. The summed E-state index contributed by atoms with van der Waals surface area (Å²) in [5.74, 6) is 1.70. The molecule has 1 aromatic heterocycles. The maximum Gasteiger partial charge on any atom is 0.227 e. The first-order valence-electron chi connectivity index (χ1n) is 10.3. The van der Waals surface area contributed by atoms with Crippen molar-refractivity contribution in [2.45, 2.75) is 19.4 Å². The summed E-state index contributed by atoms with van der Waals surface area (Å²) in [6, 6.07) is 20.5. The molecule has 0 radical (unpaired) electrons. The van der Waals surface area contributed by atoms with Crippen LogP contribution in [0.2, 0.25) is 0 Å². The highest BCUT2D eigenvalue weighted by Gasteiger charge is 2.11. The number of carbonyl (C=O) groups excluding carboxylic acids is 1. The molecule has 3 aromatic carbocycles. The third-order valence-corrected chi connectivity index (χ3v) is 4.82. The molecule has 0 saturated heterocycles. The summed E-state index contributed by atoms with van der Waals surface area (Å²) in [7, 11) is 1.60. The summed E-state index contributed by atoms with van der Waals surface area (Å²) in [5, 5.41) is 6.81. The van der Waals surface area contributed by atoms with E-state index in [1.165, 1.54) is 12.1 Å². The Bertz CT molecular complexity index is 1210. The number of nitrogens with zero attached hydrogens (tertiary/aromatic N) is 2. The fourth-order valence-electron chi connectivity index (χ4n) is 3.07. The number of methoxy groups -OCH3 is 1. The summed E-state index contributed by atoms with van der Waals surface area (Å²) < 4.78 is 29.1. The van der Waals surface area contributed by atoms with Gasteiger partial charge in [-0.3, -0.25) is 4.79 Å². The van der Waals surface area contributed by atoms with E-state index in [2.05, 4.69) is 15.5 Å². The van der Waals surface area contributed by atoms with Gasteiger partial charge in [-0.25, -0.2) is 4.39 Å². The number of rotatable bonds is 9. The van der Waals surface area contributed by atoms with Gasteiger partial charge in [0.05, 0.1) is 7.11 Å². The molecule has 168 valence electrons. The van der Waals surface area contributed by atoms with Crippen molar-refractivity contribution in [3.63, 3.8) is 0 Å². The smallest absolute Gasteiger partial charge is 0.227 e. The van der Waals surface area contributed by atoms with Crippen LogP contribution in [0.5, 0.6) is 11.5 Å². The van der Waals surface area contributed by atoms with Gasteiger partial charge in [0, 0.05) is 30.2 Å². The molecule has 4 rings (SSSR count). The predicted octanol–water partition coefficient (Wildman–Crippen LogP) is 5.03. The van der Waals surface area contributed by atoms with Gasteiger partial charge in [0.15, 0.2) is 0 Å². The SMILES string of the molecule is COc1ccc(-c2noc(CCC(=O)Nc3cccc(OCc4ccc(F)cc4)c3)n2)cc1. The van der Waals surface area contributed by atoms with Gasteiger partial charge in [0.1, 0.15) is 23.9 Å². The normalized spacial score (nSPS) is 10.6. The number of benzene rings is 3. The number of aryl methyl sites for hydroxylation is 1. The van der Waals surface area contributed by atoms with Crippen LogP contribution >= 0.6 is 0 Å². The van der Waals surface area contributed by atoms with Crippen LogP contribution in [0.1, 0.15) is 17.9 Å². The Kier molecular flexibility index (Phi) is 6.94. The number of aromatic nitrogens is 2. The topological polar surface area (TPSA) is 86.5 Å². The average molecular weight is 447 g/mol. The minimum atomic E-state index is -0.291. The third-order valence-electron chi connectivity index (χ3n) is 4.82. The first-order chi connectivity index (χ1) is 16.1. The van der Waals surface area contributed by atoms with Gasteiger partial charge in [0.25, 0.3) is 0 Å². The van der Waals surface area contributed by atoms with E-state index in [0.717, 1.165) is 16.9 Å². The molecule has 0 aliphatic rings. The van der Waals surface area contributed by atoms with Crippen LogP contribution in [0.3, 0.4) is 0 Å². The molecule has 0 saturated carbocycles. The molecule has 7 nitrogen and oxygen atoms in total. The highest BCUT2D eigenvalue weighted by atomic mass is 19.1.